The number of halogens is 1. The van der Waals surface area contributed by atoms with E-state index in [1.165, 1.54) is 20.3 Å². The van der Waals surface area contributed by atoms with E-state index >= 15 is 0 Å². The highest BCUT2D eigenvalue weighted by atomic mass is 79.9. The zero-order chi connectivity index (χ0) is 17.1. The maximum absolute atomic E-state index is 12.5. The Morgan fingerprint density at radius 1 is 1.00 bits per heavy atom. The molecule has 1 aliphatic rings. The van der Waals surface area contributed by atoms with Crippen molar-refractivity contribution in [3.8, 4) is 23.6 Å². The molecule has 0 saturated heterocycles. The van der Waals surface area contributed by atoms with Crippen LogP contribution in [0.5, 0.6) is 11.5 Å². The second kappa shape index (κ2) is 6.47. The van der Waals surface area contributed by atoms with Gasteiger partial charge in [-0.3, -0.25) is 9.59 Å². The van der Waals surface area contributed by atoms with Gasteiger partial charge in [-0.25, -0.2) is 0 Å². The normalized spacial score (nSPS) is 14.0. The van der Waals surface area contributed by atoms with Crippen molar-refractivity contribution in [1.82, 2.24) is 0 Å². The molecule has 2 rings (SSSR count). The Labute approximate surface area is 140 Å². The predicted octanol–water partition coefficient (Wildman–Crippen LogP) is 2.35. The Kier molecular flexibility index (Phi) is 4.63. The molecule has 0 bridgehead atoms. The molecule has 0 amide bonds. The molecule has 0 spiro atoms. The van der Waals surface area contributed by atoms with Crippen LogP contribution in [0.3, 0.4) is 0 Å². The summed E-state index contributed by atoms with van der Waals surface area (Å²) in [4.78, 5) is 24.5. The average molecular weight is 373 g/mol. The van der Waals surface area contributed by atoms with Crippen LogP contribution in [0.4, 0.5) is 0 Å². The molecule has 0 heterocycles. The molecule has 0 unspecified atom stereocenters. The summed E-state index contributed by atoms with van der Waals surface area (Å²) in [5, 5.41) is 18.0. The lowest BCUT2D eigenvalue weighted by Gasteiger charge is -2.16. The topological polar surface area (TPSA) is 100 Å². The molecule has 0 aliphatic heterocycles. The first kappa shape index (κ1) is 16.5. The Balaban J connectivity index is 2.70. The van der Waals surface area contributed by atoms with E-state index in [1.54, 1.807) is 18.2 Å². The first-order chi connectivity index (χ1) is 11.0. The van der Waals surface area contributed by atoms with Gasteiger partial charge in [-0.2, -0.15) is 10.5 Å². The number of nitriles is 2. The van der Waals surface area contributed by atoms with Crippen LogP contribution in [0.2, 0.25) is 0 Å². The van der Waals surface area contributed by atoms with E-state index in [0.717, 1.165) is 6.08 Å². The Bertz CT molecular complexity index is 869. The fraction of sp³-hybridized carbons (Fsp3) is 0.125. The van der Waals surface area contributed by atoms with Gasteiger partial charge in [-0.05, 0) is 34.1 Å². The smallest absolute Gasteiger partial charge is 0.205 e. The van der Waals surface area contributed by atoms with Crippen LogP contribution in [0.15, 0.2) is 33.8 Å². The van der Waals surface area contributed by atoms with Gasteiger partial charge < -0.3 is 9.47 Å². The summed E-state index contributed by atoms with van der Waals surface area (Å²) >= 11 is 3.30. The summed E-state index contributed by atoms with van der Waals surface area (Å²) in [7, 11) is 2.86. The third-order valence-corrected chi connectivity index (χ3v) is 3.85. The molecular weight excluding hydrogens is 364 g/mol. The number of methoxy groups -OCH3 is 2. The van der Waals surface area contributed by atoms with Crippen molar-refractivity contribution in [1.29, 1.82) is 10.5 Å². The number of carbonyl (C=O) groups excluding carboxylic acids is 2. The van der Waals surface area contributed by atoms with Gasteiger partial charge in [0, 0.05) is 11.1 Å². The highest BCUT2D eigenvalue weighted by Crippen LogP contribution is 2.38. The second-order valence-electron chi connectivity index (χ2n) is 4.41. The number of nitrogens with zero attached hydrogens (tertiary/aromatic N) is 2. The monoisotopic (exact) mass is 372 g/mol. The molecule has 0 atom stereocenters. The molecule has 1 aromatic carbocycles. The third kappa shape index (κ3) is 2.75. The zero-order valence-electron chi connectivity index (χ0n) is 12.1. The van der Waals surface area contributed by atoms with Gasteiger partial charge in [0.2, 0.25) is 5.78 Å². The van der Waals surface area contributed by atoms with Gasteiger partial charge in [0.1, 0.15) is 34.8 Å². The highest BCUT2D eigenvalue weighted by Gasteiger charge is 2.31. The highest BCUT2D eigenvalue weighted by molar-refractivity contribution is 9.10. The van der Waals surface area contributed by atoms with E-state index in [-0.39, 0.29) is 5.57 Å². The fourth-order valence-electron chi connectivity index (χ4n) is 2.13. The number of carbonyl (C=O) groups is 2. The largest absolute Gasteiger partial charge is 0.496 e. The summed E-state index contributed by atoms with van der Waals surface area (Å²) in [6.07, 6.45) is 1.03. The van der Waals surface area contributed by atoms with Gasteiger partial charge in [-0.15, -0.1) is 0 Å². The summed E-state index contributed by atoms with van der Waals surface area (Å²) in [5.74, 6) is -0.646. The van der Waals surface area contributed by atoms with Gasteiger partial charge in [0.05, 0.1) is 18.7 Å². The summed E-state index contributed by atoms with van der Waals surface area (Å²) < 4.78 is 11.0. The predicted molar refractivity (Wildman–Crippen MR) is 83.5 cm³/mol. The van der Waals surface area contributed by atoms with Crippen LogP contribution in [-0.2, 0) is 9.59 Å². The number of Topliss-reactive ketones (excluding diaryl/α,β-unsaturated/α-hetero) is 1. The zero-order valence-corrected chi connectivity index (χ0v) is 13.7. The van der Waals surface area contributed by atoms with Crippen LogP contribution >= 0.6 is 15.9 Å². The number of rotatable bonds is 3. The molecule has 0 aromatic heterocycles. The molecule has 7 heteroatoms. The molecule has 0 N–H and O–H groups in total. The van der Waals surface area contributed by atoms with E-state index < -0.39 is 22.7 Å². The van der Waals surface area contributed by atoms with E-state index in [9.17, 15) is 9.59 Å². The first-order valence-corrected chi connectivity index (χ1v) is 7.04. The lowest BCUT2D eigenvalue weighted by atomic mass is 9.87. The number of ketones is 2. The van der Waals surface area contributed by atoms with Gasteiger partial charge >= 0.3 is 0 Å². The van der Waals surface area contributed by atoms with Crippen molar-refractivity contribution in [2.75, 3.05) is 14.2 Å². The summed E-state index contributed by atoms with van der Waals surface area (Å²) in [5.41, 5.74) is -0.646. The number of benzene rings is 1. The quantitative estimate of drug-likeness (QED) is 0.754. The molecule has 6 nitrogen and oxygen atoms in total. The molecule has 0 fully saturated rings. The molecule has 1 aliphatic carbocycles. The molecular formula is C16H9BrN2O4. The molecule has 0 radical (unpaired) electrons. The van der Waals surface area contributed by atoms with Crippen LogP contribution in [0.1, 0.15) is 5.56 Å². The number of hydrogen-bond acceptors (Lipinski definition) is 6. The number of allylic oxidation sites excluding steroid dienone is 4. The van der Waals surface area contributed by atoms with Crippen LogP contribution < -0.4 is 9.47 Å². The minimum atomic E-state index is -0.702. The minimum Gasteiger partial charge on any atom is -0.496 e. The van der Waals surface area contributed by atoms with Crippen molar-refractivity contribution >= 4 is 33.1 Å². The van der Waals surface area contributed by atoms with Crippen LogP contribution in [0.25, 0.3) is 5.57 Å². The van der Waals surface area contributed by atoms with E-state index in [1.807, 2.05) is 0 Å². The lowest BCUT2D eigenvalue weighted by molar-refractivity contribution is -0.114. The van der Waals surface area contributed by atoms with Gasteiger partial charge in [-0.1, -0.05) is 0 Å². The minimum absolute atomic E-state index is 0.0202. The van der Waals surface area contributed by atoms with Crippen molar-refractivity contribution in [2.24, 2.45) is 0 Å². The maximum Gasteiger partial charge on any atom is 0.205 e. The first-order valence-electron chi connectivity index (χ1n) is 6.25. The van der Waals surface area contributed by atoms with Gasteiger partial charge in [0.15, 0.2) is 5.78 Å². The van der Waals surface area contributed by atoms with Crippen molar-refractivity contribution in [3.05, 3.63) is 39.4 Å². The maximum atomic E-state index is 12.5. The number of hydrogen-bond donors (Lipinski definition) is 0. The standard InChI is InChI=1S/C16H9BrN2O4/c1-22-14-5-12(17)15(23-2)4-8(14)9-3-13(20)10(6-18)11(7-19)16(9)21/h3-5H,1-2H3. The fourth-order valence-corrected chi connectivity index (χ4v) is 2.61. The molecule has 114 valence electrons. The molecule has 1 aromatic rings. The van der Waals surface area contributed by atoms with Crippen molar-refractivity contribution in [2.45, 2.75) is 0 Å². The van der Waals surface area contributed by atoms with Crippen LogP contribution in [0, 0.1) is 22.7 Å². The van der Waals surface area contributed by atoms with E-state index in [4.69, 9.17) is 20.0 Å². The second-order valence-corrected chi connectivity index (χ2v) is 5.27. The number of ether oxygens (including phenoxy) is 2. The van der Waals surface area contributed by atoms with Gasteiger partial charge in [0.25, 0.3) is 0 Å². The Hall–Kier alpha value is -2.90. The third-order valence-electron chi connectivity index (χ3n) is 3.23. The lowest BCUT2D eigenvalue weighted by Crippen LogP contribution is -2.17. The molecule has 0 saturated carbocycles. The Morgan fingerprint density at radius 3 is 2.13 bits per heavy atom. The van der Waals surface area contributed by atoms with E-state index in [0.29, 0.717) is 21.5 Å². The summed E-state index contributed by atoms with van der Waals surface area (Å²) in [6.45, 7) is 0. The average Bonchev–Trinajstić information content (AvgIpc) is 2.55. The van der Waals surface area contributed by atoms with Crippen LogP contribution in [-0.4, -0.2) is 25.8 Å². The van der Waals surface area contributed by atoms with Crippen molar-refractivity contribution in [3.63, 3.8) is 0 Å². The van der Waals surface area contributed by atoms with E-state index in [2.05, 4.69) is 15.9 Å². The van der Waals surface area contributed by atoms with Crippen molar-refractivity contribution < 1.29 is 19.1 Å². The Morgan fingerprint density at radius 2 is 1.61 bits per heavy atom. The molecule has 23 heavy (non-hydrogen) atoms. The summed E-state index contributed by atoms with van der Waals surface area (Å²) in [6, 6.07) is 6.33. The SMILES string of the molecule is COc1cc(C2=CC(=O)C(C#N)=C(C#N)C2=O)c(OC)cc1Br.